The highest BCUT2D eigenvalue weighted by molar-refractivity contribution is 5.10. The third-order valence-corrected chi connectivity index (χ3v) is 3.95. The molecule has 0 aromatic rings. The van der Waals surface area contributed by atoms with Crippen molar-refractivity contribution < 1.29 is 4.74 Å². The van der Waals surface area contributed by atoms with Crippen LogP contribution in [0.1, 0.15) is 19.3 Å². The van der Waals surface area contributed by atoms with Gasteiger partial charge in [0.25, 0.3) is 0 Å². The van der Waals surface area contributed by atoms with Crippen molar-refractivity contribution in [3.63, 3.8) is 0 Å². The highest BCUT2D eigenvalue weighted by atomic mass is 16.5. The number of rotatable bonds is 3. The minimum atomic E-state index is 0.0934. The second-order valence-electron chi connectivity index (χ2n) is 5.41. The van der Waals surface area contributed by atoms with Crippen molar-refractivity contribution in [1.29, 1.82) is 0 Å². The number of nitrogens with one attached hydrogen (secondary N) is 1. The van der Waals surface area contributed by atoms with Gasteiger partial charge in [-0.3, -0.25) is 5.84 Å². The Hall–Kier alpha value is -0.620. The molecule has 3 N–H and O–H groups in total. The van der Waals surface area contributed by atoms with Gasteiger partial charge in [-0.15, -0.1) is 0 Å². The third-order valence-electron chi connectivity index (χ3n) is 3.95. The summed E-state index contributed by atoms with van der Waals surface area (Å²) in [4.78, 5) is 4.77. The first-order valence-electron chi connectivity index (χ1n) is 6.90. The molecule has 0 amide bonds. The summed E-state index contributed by atoms with van der Waals surface area (Å²) in [6.45, 7) is 4.10. The minimum absolute atomic E-state index is 0.0934. The van der Waals surface area contributed by atoms with E-state index in [9.17, 15) is 0 Å². The maximum atomic E-state index is 5.78. The Labute approximate surface area is 110 Å². The summed E-state index contributed by atoms with van der Waals surface area (Å²) in [5.74, 6) is 6.80. The monoisotopic (exact) mass is 254 g/mol. The molecule has 2 atom stereocenters. The standard InChI is InChI=1S/C13H26N4O/c1-16-7-5-8-17(2)11(10-16)13(15-14)12-6-3-4-9-18-12/h6,11,13,15H,3-5,7-10,14H2,1-2H3. The zero-order chi connectivity index (χ0) is 13.0. The molecule has 2 heterocycles. The van der Waals surface area contributed by atoms with Crippen molar-refractivity contribution in [2.45, 2.75) is 31.3 Å². The van der Waals surface area contributed by atoms with Crippen molar-refractivity contribution in [2.75, 3.05) is 40.3 Å². The van der Waals surface area contributed by atoms with E-state index in [4.69, 9.17) is 10.6 Å². The van der Waals surface area contributed by atoms with Gasteiger partial charge in [-0.25, -0.2) is 5.43 Å². The van der Waals surface area contributed by atoms with Crippen LogP contribution >= 0.6 is 0 Å². The molecule has 0 radical (unpaired) electrons. The van der Waals surface area contributed by atoms with Crippen LogP contribution in [0.25, 0.3) is 0 Å². The molecular weight excluding hydrogens is 228 g/mol. The highest BCUT2D eigenvalue weighted by Crippen LogP contribution is 2.20. The smallest absolute Gasteiger partial charge is 0.112 e. The summed E-state index contributed by atoms with van der Waals surface area (Å²) in [7, 11) is 4.35. The van der Waals surface area contributed by atoms with Crippen molar-refractivity contribution in [3.8, 4) is 0 Å². The van der Waals surface area contributed by atoms with Gasteiger partial charge in [0.2, 0.25) is 0 Å². The van der Waals surface area contributed by atoms with Gasteiger partial charge < -0.3 is 14.5 Å². The molecule has 104 valence electrons. The molecule has 0 aliphatic carbocycles. The Kier molecular flexibility index (Phi) is 5.00. The van der Waals surface area contributed by atoms with E-state index in [-0.39, 0.29) is 6.04 Å². The predicted molar refractivity (Wildman–Crippen MR) is 72.9 cm³/mol. The molecule has 0 aromatic carbocycles. The SMILES string of the molecule is CN1CCCN(C)C(C(NN)C2=CCCCO2)C1. The largest absolute Gasteiger partial charge is 0.496 e. The number of ether oxygens (including phenoxy) is 1. The van der Waals surface area contributed by atoms with Gasteiger partial charge in [0, 0.05) is 12.6 Å². The molecule has 5 nitrogen and oxygen atoms in total. The molecular formula is C13H26N4O. The first-order chi connectivity index (χ1) is 8.72. The molecule has 5 heteroatoms. The molecule has 0 saturated carbocycles. The molecule has 0 aromatic heterocycles. The van der Waals surface area contributed by atoms with Gasteiger partial charge >= 0.3 is 0 Å². The molecule has 2 rings (SSSR count). The molecule has 0 spiro atoms. The summed E-state index contributed by atoms with van der Waals surface area (Å²) >= 11 is 0. The molecule has 1 fully saturated rings. The number of likely N-dealkylation sites (N-methyl/N-ethyl adjacent to an activating group) is 2. The van der Waals surface area contributed by atoms with Crippen LogP contribution in [0.5, 0.6) is 0 Å². The van der Waals surface area contributed by atoms with E-state index in [1.165, 1.54) is 6.42 Å². The summed E-state index contributed by atoms with van der Waals surface area (Å²) in [6.07, 6.45) is 5.61. The molecule has 1 saturated heterocycles. The normalized spacial score (nSPS) is 29.3. The lowest BCUT2D eigenvalue weighted by Gasteiger charge is -2.35. The summed E-state index contributed by atoms with van der Waals surface area (Å²) in [6, 6.07) is 0.461. The van der Waals surface area contributed by atoms with Crippen LogP contribution in [-0.4, -0.2) is 62.2 Å². The van der Waals surface area contributed by atoms with E-state index in [0.717, 1.165) is 44.8 Å². The number of hydrogen-bond acceptors (Lipinski definition) is 5. The zero-order valence-electron chi connectivity index (χ0n) is 11.6. The fraction of sp³-hybridized carbons (Fsp3) is 0.846. The molecule has 2 aliphatic rings. The lowest BCUT2D eigenvalue weighted by molar-refractivity contribution is 0.118. The van der Waals surface area contributed by atoms with Crippen LogP contribution in [0, 0.1) is 0 Å². The van der Waals surface area contributed by atoms with Crippen LogP contribution < -0.4 is 11.3 Å². The molecule has 2 aliphatic heterocycles. The summed E-state index contributed by atoms with van der Waals surface area (Å²) in [5.41, 5.74) is 2.96. The first kappa shape index (κ1) is 13.8. The van der Waals surface area contributed by atoms with Gasteiger partial charge in [-0.05, 0) is 52.5 Å². The minimum Gasteiger partial charge on any atom is -0.496 e. The van der Waals surface area contributed by atoms with Crippen LogP contribution in [-0.2, 0) is 4.74 Å². The van der Waals surface area contributed by atoms with E-state index in [0.29, 0.717) is 6.04 Å². The fourth-order valence-corrected chi connectivity index (χ4v) is 2.84. The Balaban J connectivity index is 2.11. The van der Waals surface area contributed by atoms with E-state index in [2.05, 4.69) is 35.4 Å². The number of allylic oxidation sites excluding steroid dienone is 1. The Morgan fingerprint density at radius 2 is 2.22 bits per heavy atom. The lowest BCUT2D eigenvalue weighted by Crippen LogP contribution is -2.55. The lowest BCUT2D eigenvalue weighted by atomic mass is 10.0. The highest BCUT2D eigenvalue weighted by Gasteiger charge is 2.31. The van der Waals surface area contributed by atoms with Crippen LogP contribution in [0.15, 0.2) is 11.8 Å². The number of nitrogens with two attached hydrogens (primary N) is 1. The van der Waals surface area contributed by atoms with Crippen LogP contribution in [0.3, 0.4) is 0 Å². The number of hydrogen-bond donors (Lipinski definition) is 2. The average Bonchev–Trinajstić information content (AvgIpc) is 2.54. The van der Waals surface area contributed by atoms with Gasteiger partial charge in [0.15, 0.2) is 0 Å². The van der Waals surface area contributed by atoms with E-state index < -0.39 is 0 Å². The van der Waals surface area contributed by atoms with E-state index in [1.807, 2.05) is 0 Å². The topological polar surface area (TPSA) is 53.8 Å². The molecule has 18 heavy (non-hydrogen) atoms. The average molecular weight is 254 g/mol. The zero-order valence-corrected chi connectivity index (χ0v) is 11.6. The fourth-order valence-electron chi connectivity index (χ4n) is 2.84. The maximum Gasteiger partial charge on any atom is 0.112 e. The second kappa shape index (κ2) is 6.52. The van der Waals surface area contributed by atoms with Crippen LogP contribution in [0.2, 0.25) is 0 Å². The summed E-state index contributed by atoms with van der Waals surface area (Å²) < 4.78 is 5.78. The second-order valence-corrected chi connectivity index (χ2v) is 5.41. The van der Waals surface area contributed by atoms with Gasteiger partial charge in [0.05, 0.1) is 12.6 Å². The number of hydrazine groups is 1. The van der Waals surface area contributed by atoms with Crippen molar-refractivity contribution >= 4 is 0 Å². The Morgan fingerprint density at radius 1 is 1.39 bits per heavy atom. The van der Waals surface area contributed by atoms with E-state index >= 15 is 0 Å². The van der Waals surface area contributed by atoms with Crippen molar-refractivity contribution in [3.05, 3.63) is 11.8 Å². The van der Waals surface area contributed by atoms with Crippen molar-refractivity contribution in [1.82, 2.24) is 15.2 Å². The van der Waals surface area contributed by atoms with Gasteiger partial charge in [-0.1, -0.05) is 0 Å². The molecule has 0 bridgehead atoms. The van der Waals surface area contributed by atoms with Crippen LogP contribution in [0.4, 0.5) is 0 Å². The van der Waals surface area contributed by atoms with E-state index in [1.54, 1.807) is 0 Å². The predicted octanol–water partition coefficient (Wildman–Crippen LogP) is 0.149. The maximum absolute atomic E-state index is 5.78. The van der Waals surface area contributed by atoms with Crippen molar-refractivity contribution in [2.24, 2.45) is 5.84 Å². The first-order valence-corrected chi connectivity index (χ1v) is 6.90. The quantitative estimate of drug-likeness (QED) is 0.554. The van der Waals surface area contributed by atoms with Gasteiger partial charge in [-0.2, -0.15) is 0 Å². The Morgan fingerprint density at radius 3 is 2.89 bits per heavy atom. The molecule has 2 unspecified atom stereocenters. The number of nitrogens with zero attached hydrogens (tertiary/aromatic N) is 2. The summed E-state index contributed by atoms with van der Waals surface area (Å²) in [5, 5.41) is 0. The van der Waals surface area contributed by atoms with Gasteiger partial charge in [0.1, 0.15) is 5.76 Å². The Bertz CT molecular complexity index is 295. The third kappa shape index (κ3) is 3.23.